The van der Waals surface area contributed by atoms with Gasteiger partial charge in [0.1, 0.15) is 12.1 Å². The van der Waals surface area contributed by atoms with Crippen molar-refractivity contribution in [1.29, 1.82) is 5.26 Å². The number of hydrogen-bond donors (Lipinski definition) is 1. The van der Waals surface area contributed by atoms with E-state index in [2.05, 4.69) is 4.72 Å². The second-order valence-electron chi connectivity index (χ2n) is 10.8. The van der Waals surface area contributed by atoms with Gasteiger partial charge in [0, 0.05) is 19.6 Å². The third-order valence-electron chi connectivity index (χ3n) is 7.83. The molecule has 2 aliphatic heterocycles. The number of carbonyl (C=O) groups is 3. The van der Waals surface area contributed by atoms with E-state index in [1.54, 1.807) is 25.1 Å². The van der Waals surface area contributed by atoms with Crippen LogP contribution >= 0.6 is 0 Å². The summed E-state index contributed by atoms with van der Waals surface area (Å²) in [6, 6.07) is 9.88. The summed E-state index contributed by atoms with van der Waals surface area (Å²) in [5, 5.41) is 9.35. The second kappa shape index (κ2) is 13.8. The van der Waals surface area contributed by atoms with Crippen LogP contribution in [0.15, 0.2) is 59.0 Å². The smallest absolute Gasteiger partial charge is 0.464 e. The van der Waals surface area contributed by atoms with Crippen molar-refractivity contribution in [1.82, 2.24) is 14.5 Å². The van der Waals surface area contributed by atoms with Gasteiger partial charge in [0.05, 0.1) is 23.1 Å². The van der Waals surface area contributed by atoms with Gasteiger partial charge in [0.15, 0.2) is 0 Å². The molecular formula is C31H33F3N4O6S. The number of carbonyl (C=O) groups excluding carboxylic acids is 3. The number of nitrogens with zero attached hydrogens (tertiary/aromatic N) is 3. The molecule has 2 aromatic carbocycles. The predicted octanol–water partition coefficient (Wildman–Crippen LogP) is 3.40. The van der Waals surface area contributed by atoms with Crippen molar-refractivity contribution in [2.75, 3.05) is 19.7 Å². The van der Waals surface area contributed by atoms with Gasteiger partial charge in [-0.1, -0.05) is 36.8 Å². The van der Waals surface area contributed by atoms with Crippen molar-refractivity contribution in [3.05, 3.63) is 76.4 Å². The molecular weight excluding hydrogens is 613 g/mol. The number of fused-ring (bicyclic) bond motifs is 1. The maximum Gasteiger partial charge on any atom is 0.471 e. The molecule has 0 aliphatic carbocycles. The minimum absolute atomic E-state index is 0.0455. The van der Waals surface area contributed by atoms with Crippen LogP contribution in [0.2, 0.25) is 0 Å². The molecule has 1 N–H and O–H groups in total. The van der Waals surface area contributed by atoms with Gasteiger partial charge in [-0.3, -0.25) is 9.59 Å². The first-order chi connectivity index (χ1) is 21.3. The zero-order chi connectivity index (χ0) is 32.9. The van der Waals surface area contributed by atoms with Crippen LogP contribution in [-0.2, 0) is 48.5 Å². The number of rotatable bonds is 9. The fourth-order valence-corrected chi connectivity index (χ4v) is 6.71. The quantitative estimate of drug-likeness (QED) is 0.326. The Balaban J connectivity index is 1.67. The molecule has 45 heavy (non-hydrogen) atoms. The molecule has 10 nitrogen and oxygen atoms in total. The average Bonchev–Trinajstić information content (AvgIpc) is 3.02. The first-order valence-electron chi connectivity index (χ1n) is 14.4. The number of nitriles is 1. The Morgan fingerprint density at radius 3 is 2.56 bits per heavy atom. The second-order valence-corrected chi connectivity index (χ2v) is 12.5. The van der Waals surface area contributed by atoms with E-state index in [9.17, 15) is 41.2 Å². The highest BCUT2D eigenvalue weighted by atomic mass is 32.2. The molecule has 1 unspecified atom stereocenters. The first kappa shape index (κ1) is 33.7. The highest BCUT2D eigenvalue weighted by molar-refractivity contribution is 7.89. The van der Waals surface area contributed by atoms with Crippen LogP contribution in [0.4, 0.5) is 13.2 Å². The zero-order valence-corrected chi connectivity index (χ0v) is 25.6. The first-order valence-corrected chi connectivity index (χ1v) is 15.9. The summed E-state index contributed by atoms with van der Waals surface area (Å²) in [5.74, 6) is -3.32. The molecule has 0 saturated carbocycles. The number of halogens is 3. The number of esters is 1. The Labute approximate surface area is 259 Å². The minimum Gasteiger partial charge on any atom is -0.464 e. The maximum atomic E-state index is 14.1. The van der Waals surface area contributed by atoms with E-state index in [-0.39, 0.29) is 49.4 Å². The van der Waals surface area contributed by atoms with Gasteiger partial charge in [-0.25, -0.2) is 13.2 Å². The van der Waals surface area contributed by atoms with E-state index in [0.717, 1.165) is 5.57 Å². The summed E-state index contributed by atoms with van der Waals surface area (Å²) in [4.78, 5) is 40.4. The number of nitrogens with one attached hydrogen (secondary N) is 1. The molecule has 0 bridgehead atoms. The SMILES string of the molecule is CCOC(=O)C1CC(CC)=CCN1C(=O)[C@H](Cc1cccc(C#N)c1)NS(=O)(=O)c1ccc2c(c1)CN(C(=O)C(F)(F)F)CC2. The van der Waals surface area contributed by atoms with E-state index in [0.29, 0.717) is 28.0 Å². The third-order valence-corrected chi connectivity index (χ3v) is 9.30. The summed E-state index contributed by atoms with van der Waals surface area (Å²) < 4.78 is 74.3. The molecule has 14 heteroatoms. The van der Waals surface area contributed by atoms with Crippen LogP contribution < -0.4 is 4.72 Å². The lowest BCUT2D eigenvalue weighted by atomic mass is 9.96. The fourth-order valence-electron chi connectivity index (χ4n) is 5.47. The normalized spacial score (nSPS) is 17.5. The molecule has 4 rings (SSSR count). The van der Waals surface area contributed by atoms with Gasteiger partial charge < -0.3 is 14.5 Å². The molecule has 0 radical (unpaired) electrons. The zero-order valence-electron chi connectivity index (χ0n) is 24.8. The third kappa shape index (κ3) is 7.90. The van der Waals surface area contributed by atoms with Gasteiger partial charge in [0.25, 0.3) is 0 Å². The van der Waals surface area contributed by atoms with Crippen molar-refractivity contribution in [2.24, 2.45) is 0 Å². The lowest BCUT2D eigenvalue weighted by molar-refractivity contribution is -0.186. The number of hydrogen-bond acceptors (Lipinski definition) is 7. The molecule has 0 spiro atoms. The Kier molecular flexibility index (Phi) is 10.3. The van der Waals surface area contributed by atoms with E-state index in [4.69, 9.17) is 4.74 Å². The van der Waals surface area contributed by atoms with Crippen LogP contribution in [0.1, 0.15) is 48.9 Å². The molecule has 2 aliphatic rings. The van der Waals surface area contributed by atoms with Gasteiger partial charge in [-0.2, -0.15) is 23.2 Å². The monoisotopic (exact) mass is 646 g/mol. The van der Waals surface area contributed by atoms with Crippen molar-refractivity contribution in [3.8, 4) is 6.07 Å². The van der Waals surface area contributed by atoms with Crippen molar-refractivity contribution in [3.63, 3.8) is 0 Å². The van der Waals surface area contributed by atoms with Gasteiger partial charge in [-0.15, -0.1) is 0 Å². The highest BCUT2D eigenvalue weighted by Crippen LogP contribution is 2.28. The lowest BCUT2D eigenvalue weighted by Crippen LogP contribution is -2.56. The van der Waals surface area contributed by atoms with Crippen molar-refractivity contribution < 1.29 is 40.7 Å². The van der Waals surface area contributed by atoms with Crippen LogP contribution in [-0.4, -0.2) is 74.0 Å². The molecule has 2 aromatic rings. The van der Waals surface area contributed by atoms with Gasteiger partial charge in [0.2, 0.25) is 15.9 Å². The maximum absolute atomic E-state index is 14.1. The van der Waals surface area contributed by atoms with E-state index >= 15 is 0 Å². The number of sulfonamides is 1. The van der Waals surface area contributed by atoms with Crippen LogP contribution in [0.5, 0.6) is 0 Å². The van der Waals surface area contributed by atoms with Gasteiger partial charge in [-0.05, 0) is 73.6 Å². The summed E-state index contributed by atoms with van der Waals surface area (Å²) in [6.07, 6.45) is -2.43. The van der Waals surface area contributed by atoms with Crippen LogP contribution in [0.25, 0.3) is 0 Å². The van der Waals surface area contributed by atoms with Crippen LogP contribution in [0.3, 0.4) is 0 Å². The summed E-state index contributed by atoms with van der Waals surface area (Å²) in [6.45, 7) is 3.09. The summed E-state index contributed by atoms with van der Waals surface area (Å²) in [5.41, 5.74) is 2.57. The molecule has 240 valence electrons. The standard InChI is InChI=1S/C31H33F3N4O6S/c1-3-20-10-13-38(27(16-20)29(40)44-4-2)28(39)26(15-21-6-5-7-22(14-21)18-35)36-45(42,43)25-9-8-23-11-12-37(19-24(23)17-25)30(41)31(32,33)34/h5-10,14,17,26-27,36H,3-4,11-13,15-16,19H2,1-2H3/t26-,27?/m0/s1. The van der Waals surface area contributed by atoms with E-state index in [1.807, 2.05) is 19.1 Å². The van der Waals surface area contributed by atoms with E-state index < -0.39 is 52.6 Å². The summed E-state index contributed by atoms with van der Waals surface area (Å²) >= 11 is 0. The molecule has 2 amide bonds. The Bertz CT molecular complexity index is 1650. The minimum atomic E-state index is -5.07. The number of amides is 2. The Morgan fingerprint density at radius 1 is 1.13 bits per heavy atom. The molecule has 2 heterocycles. The lowest BCUT2D eigenvalue weighted by Gasteiger charge is -2.36. The largest absolute Gasteiger partial charge is 0.471 e. The molecule has 0 fully saturated rings. The highest BCUT2D eigenvalue weighted by Gasteiger charge is 2.43. The summed E-state index contributed by atoms with van der Waals surface area (Å²) in [7, 11) is -4.46. The molecule has 0 saturated heterocycles. The number of ether oxygens (including phenoxy) is 1. The number of alkyl halides is 3. The molecule has 2 atom stereocenters. The Morgan fingerprint density at radius 2 is 1.89 bits per heavy atom. The fraction of sp³-hybridized carbons (Fsp3) is 0.419. The van der Waals surface area contributed by atoms with Crippen molar-refractivity contribution >= 4 is 27.8 Å². The predicted molar refractivity (Wildman–Crippen MR) is 156 cm³/mol. The van der Waals surface area contributed by atoms with E-state index in [1.165, 1.54) is 29.2 Å². The number of benzene rings is 2. The van der Waals surface area contributed by atoms with Gasteiger partial charge >= 0.3 is 18.1 Å². The molecule has 0 aromatic heterocycles. The average molecular weight is 647 g/mol. The van der Waals surface area contributed by atoms with Crippen LogP contribution in [0, 0.1) is 11.3 Å². The topological polar surface area (TPSA) is 137 Å². The Hall–Kier alpha value is -4.22. The van der Waals surface area contributed by atoms with Crippen molar-refractivity contribution in [2.45, 2.75) is 69.2 Å².